The van der Waals surface area contributed by atoms with Crippen molar-refractivity contribution in [1.82, 2.24) is 9.97 Å². The van der Waals surface area contributed by atoms with E-state index in [9.17, 15) is 5.11 Å². The van der Waals surface area contributed by atoms with Crippen molar-refractivity contribution in [3.63, 3.8) is 0 Å². The molecule has 0 spiro atoms. The summed E-state index contributed by atoms with van der Waals surface area (Å²) in [4.78, 5) is 10.3. The third kappa shape index (κ3) is 3.44. The van der Waals surface area contributed by atoms with Gasteiger partial charge in [-0.15, -0.1) is 22.7 Å². The Hall–Kier alpha value is -2.97. The molecule has 0 aliphatic heterocycles. The lowest BCUT2D eigenvalue weighted by Gasteiger charge is -2.08. The van der Waals surface area contributed by atoms with Crippen LogP contribution < -0.4 is 10.2 Å². The second-order valence-electron chi connectivity index (χ2n) is 5.95. The second kappa shape index (κ2) is 7.95. The fraction of sp³-hybridized carbons (Fsp3) is 0.150. The van der Waals surface area contributed by atoms with Gasteiger partial charge in [-0.3, -0.25) is 5.43 Å². The van der Waals surface area contributed by atoms with E-state index in [2.05, 4.69) is 20.5 Å². The summed E-state index contributed by atoms with van der Waals surface area (Å²) in [7, 11) is 0. The lowest BCUT2D eigenvalue weighted by molar-refractivity contribution is 0.341. The van der Waals surface area contributed by atoms with Crippen molar-refractivity contribution in [2.75, 3.05) is 12.0 Å². The van der Waals surface area contributed by atoms with Crippen molar-refractivity contribution in [3.05, 3.63) is 52.5 Å². The number of nitrogens with one attached hydrogen (secondary N) is 1. The molecule has 0 unspecified atom stereocenters. The molecule has 4 rings (SSSR count). The molecule has 0 aliphatic carbocycles. The van der Waals surface area contributed by atoms with Gasteiger partial charge in [-0.05, 0) is 43.0 Å². The van der Waals surface area contributed by atoms with Gasteiger partial charge in [-0.1, -0.05) is 12.1 Å². The predicted octanol–water partition coefficient (Wildman–Crippen LogP) is 5.28. The fourth-order valence-corrected chi connectivity index (χ4v) is 4.67. The molecule has 6 nitrogen and oxygen atoms in total. The van der Waals surface area contributed by atoms with E-state index < -0.39 is 0 Å². The number of rotatable bonds is 6. The molecular formula is C20H18N4O2S2. The quantitative estimate of drug-likeness (QED) is 0.334. The highest BCUT2D eigenvalue weighted by Crippen LogP contribution is 2.47. The molecular weight excluding hydrogens is 392 g/mol. The van der Waals surface area contributed by atoms with Crippen LogP contribution in [0.3, 0.4) is 0 Å². The number of aromatic hydroxyl groups is 1. The van der Waals surface area contributed by atoms with Crippen LogP contribution in [0, 0.1) is 6.92 Å². The molecule has 0 radical (unpaired) electrons. The normalized spacial score (nSPS) is 11.4. The van der Waals surface area contributed by atoms with Gasteiger partial charge in [0.25, 0.3) is 0 Å². The van der Waals surface area contributed by atoms with Gasteiger partial charge < -0.3 is 9.84 Å². The van der Waals surface area contributed by atoms with Gasteiger partial charge in [-0.2, -0.15) is 5.10 Å². The maximum absolute atomic E-state index is 10.8. The minimum absolute atomic E-state index is 0.121. The first kappa shape index (κ1) is 18.4. The molecule has 8 heteroatoms. The van der Waals surface area contributed by atoms with Crippen molar-refractivity contribution in [3.8, 4) is 21.9 Å². The number of benzene rings is 1. The fourth-order valence-electron chi connectivity index (χ4n) is 2.76. The van der Waals surface area contributed by atoms with Crippen LogP contribution in [0.25, 0.3) is 20.7 Å². The molecule has 0 aliphatic rings. The van der Waals surface area contributed by atoms with Gasteiger partial charge >= 0.3 is 0 Å². The zero-order valence-corrected chi connectivity index (χ0v) is 17.0. The number of anilines is 1. The summed E-state index contributed by atoms with van der Waals surface area (Å²) in [6.07, 6.45) is 3.19. The van der Waals surface area contributed by atoms with Gasteiger partial charge in [-0.25, -0.2) is 9.97 Å². The number of thiophene rings is 2. The highest BCUT2D eigenvalue weighted by molar-refractivity contribution is 7.23. The molecule has 2 N–H and O–H groups in total. The predicted molar refractivity (Wildman–Crippen MR) is 116 cm³/mol. The summed E-state index contributed by atoms with van der Waals surface area (Å²) in [5, 5.41) is 17.1. The first-order valence-corrected chi connectivity index (χ1v) is 10.4. The van der Waals surface area contributed by atoms with Gasteiger partial charge in [0.15, 0.2) is 11.6 Å². The minimum Gasteiger partial charge on any atom is -0.504 e. The van der Waals surface area contributed by atoms with Crippen molar-refractivity contribution in [2.24, 2.45) is 5.10 Å². The molecule has 0 saturated heterocycles. The van der Waals surface area contributed by atoms with Crippen LogP contribution >= 0.6 is 22.7 Å². The van der Waals surface area contributed by atoms with E-state index in [0.29, 0.717) is 22.8 Å². The highest BCUT2D eigenvalue weighted by atomic mass is 32.1. The zero-order valence-electron chi connectivity index (χ0n) is 15.3. The number of aryl methyl sites for hydroxylation is 1. The number of hydrogen-bond acceptors (Lipinski definition) is 8. The maximum atomic E-state index is 10.8. The largest absolute Gasteiger partial charge is 0.504 e. The Balaban J connectivity index is 1.72. The Morgan fingerprint density at radius 3 is 2.89 bits per heavy atom. The first-order chi connectivity index (χ1) is 13.7. The molecule has 142 valence electrons. The Labute approximate surface area is 170 Å². The third-order valence-corrected chi connectivity index (χ3v) is 6.29. The summed E-state index contributed by atoms with van der Waals surface area (Å²) in [6.45, 7) is 4.52. The van der Waals surface area contributed by atoms with Crippen LogP contribution in [0.15, 0.2) is 47.1 Å². The Morgan fingerprint density at radius 2 is 2.11 bits per heavy atom. The molecule has 0 atom stereocenters. The van der Waals surface area contributed by atoms with E-state index in [1.54, 1.807) is 17.6 Å². The van der Waals surface area contributed by atoms with Crippen molar-refractivity contribution in [1.29, 1.82) is 0 Å². The zero-order chi connectivity index (χ0) is 19.5. The topological polar surface area (TPSA) is 79.6 Å². The van der Waals surface area contributed by atoms with Gasteiger partial charge in [0.2, 0.25) is 0 Å². The van der Waals surface area contributed by atoms with E-state index in [1.165, 1.54) is 23.2 Å². The second-order valence-corrected chi connectivity index (χ2v) is 7.92. The SMILES string of the molecule is CCOc1ccccc1-c1sc2c(N/N=C/c3sccc3C)ncnc2c1O. The average Bonchev–Trinajstić information content (AvgIpc) is 3.27. The van der Waals surface area contributed by atoms with Crippen LogP contribution in [-0.2, 0) is 0 Å². The number of hydrogen-bond donors (Lipinski definition) is 2. The van der Waals surface area contributed by atoms with Crippen molar-refractivity contribution in [2.45, 2.75) is 13.8 Å². The Bertz CT molecular complexity index is 1150. The summed E-state index contributed by atoms with van der Waals surface area (Å²) in [5.41, 5.74) is 5.47. The third-order valence-electron chi connectivity index (χ3n) is 4.13. The number of nitrogens with zero attached hydrogens (tertiary/aromatic N) is 3. The monoisotopic (exact) mass is 410 g/mol. The summed E-state index contributed by atoms with van der Waals surface area (Å²) in [6, 6.07) is 9.69. The summed E-state index contributed by atoms with van der Waals surface area (Å²) in [5.74, 6) is 1.40. The van der Waals surface area contributed by atoms with E-state index in [0.717, 1.165) is 20.9 Å². The minimum atomic E-state index is 0.121. The van der Waals surface area contributed by atoms with Crippen LogP contribution in [-0.4, -0.2) is 27.9 Å². The van der Waals surface area contributed by atoms with E-state index >= 15 is 0 Å². The van der Waals surface area contributed by atoms with Gasteiger partial charge in [0.05, 0.1) is 17.7 Å². The standard InChI is InChI=1S/C20H18N4O2S2/c1-3-26-14-7-5-4-6-13(14)18-17(25)16-19(28-18)20(22-11-21-16)24-23-10-15-12(2)8-9-27-15/h4-11,25H,3H2,1-2H3,(H,21,22,24)/b23-10+. The van der Waals surface area contributed by atoms with Gasteiger partial charge in [0.1, 0.15) is 22.3 Å². The number of fused-ring (bicyclic) bond motifs is 1. The van der Waals surface area contributed by atoms with Crippen molar-refractivity contribution < 1.29 is 9.84 Å². The molecule has 4 aromatic rings. The molecule has 3 aromatic heterocycles. The lowest BCUT2D eigenvalue weighted by atomic mass is 10.1. The molecule has 1 aromatic carbocycles. The van der Waals surface area contributed by atoms with Crippen LogP contribution in [0.4, 0.5) is 5.82 Å². The van der Waals surface area contributed by atoms with Gasteiger partial charge in [0, 0.05) is 10.4 Å². The smallest absolute Gasteiger partial charge is 0.167 e. The molecule has 0 fully saturated rings. The number of para-hydroxylation sites is 1. The molecule has 28 heavy (non-hydrogen) atoms. The number of hydrazone groups is 1. The molecule has 3 heterocycles. The summed E-state index contributed by atoms with van der Waals surface area (Å²) < 4.78 is 6.45. The number of aromatic nitrogens is 2. The molecule has 0 saturated carbocycles. The Morgan fingerprint density at radius 1 is 1.25 bits per heavy atom. The van der Waals surface area contributed by atoms with Crippen molar-refractivity contribution >= 4 is 44.9 Å². The maximum Gasteiger partial charge on any atom is 0.167 e. The molecule has 0 amide bonds. The van der Waals surface area contributed by atoms with Crippen LogP contribution in [0.2, 0.25) is 0 Å². The van der Waals surface area contributed by atoms with E-state index in [-0.39, 0.29) is 5.75 Å². The molecule has 0 bridgehead atoms. The lowest BCUT2D eigenvalue weighted by Crippen LogP contribution is -1.94. The number of ether oxygens (including phenoxy) is 1. The van der Waals surface area contributed by atoms with E-state index in [4.69, 9.17) is 4.74 Å². The van der Waals surface area contributed by atoms with E-state index in [1.807, 2.05) is 49.6 Å². The Kier molecular flexibility index (Phi) is 5.23. The van der Waals surface area contributed by atoms with Crippen LogP contribution in [0.5, 0.6) is 11.5 Å². The highest BCUT2D eigenvalue weighted by Gasteiger charge is 2.19. The average molecular weight is 411 g/mol. The first-order valence-electron chi connectivity index (χ1n) is 8.71. The summed E-state index contributed by atoms with van der Waals surface area (Å²) >= 11 is 3.03. The van der Waals surface area contributed by atoms with Crippen LogP contribution in [0.1, 0.15) is 17.4 Å².